The number of allylic oxidation sites excluding steroid dienone is 2. The van der Waals surface area contributed by atoms with Gasteiger partial charge in [-0.05, 0) is 37.2 Å². The molecule has 0 fully saturated rings. The van der Waals surface area contributed by atoms with Crippen molar-refractivity contribution in [3.05, 3.63) is 30.0 Å². The van der Waals surface area contributed by atoms with E-state index in [4.69, 9.17) is 5.73 Å². The smallest absolute Gasteiger partial charge is 0.158 e. The zero-order valence-electron chi connectivity index (χ0n) is 11.6. The van der Waals surface area contributed by atoms with Crippen molar-refractivity contribution < 1.29 is 0 Å². The van der Waals surface area contributed by atoms with Crippen LogP contribution in [0, 0.1) is 0 Å². The average Bonchev–Trinajstić information content (AvgIpc) is 2.50. The summed E-state index contributed by atoms with van der Waals surface area (Å²) in [7, 11) is 0. The highest BCUT2D eigenvalue weighted by Crippen LogP contribution is 2.24. The molecule has 0 unspecified atom stereocenters. The number of hydrogen-bond acceptors (Lipinski definition) is 4. The van der Waals surface area contributed by atoms with E-state index in [-0.39, 0.29) is 5.92 Å². The van der Waals surface area contributed by atoms with Gasteiger partial charge < -0.3 is 5.73 Å². The largest absolute Gasteiger partial charge is 0.383 e. The third-order valence-electron chi connectivity index (χ3n) is 3.25. The van der Waals surface area contributed by atoms with E-state index >= 15 is 0 Å². The Morgan fingerprint density at radius 3 is 2.84 bits per heavy atom. The number of rotatable bonds is 2. The van der Waals surface area contributed by atoms with Crippen molar-refractivity contribution in [2.75, 3.05) is 5.73 Å². The maximum absolute atomic E-state index is 6.09. The molecule has 1 aromatic rings. The second kappa shape index (κ2) is 6.31. The summed E-state index contributed by atoms with van der Waals surface area (Å²) in [6, 6.07) is 0. The van der Waals surface area contributed by atoms with Gasteiger partial charge in [-0.2, -0.15) is 5.10 Å². The predicted octanol–water partition coefficient (Wildman–Crippen LogP) is 2.99. The van der Waals surface area contributed by atoms with Gasteiger partial charge in [-0.1, -0.05) is 19.9 Å². The lowest BCUT2D eigenvalue weighted by Crippen LogP contribution is -2.01. The van der Waals surface area contributed by atoms with E-state index in [1.54, 1.807) is 12.5 Å². The summed E-state index contributed by atoms with van der Waals surface area (Å²) in [6.07, 6.45) is 10.0. The molecule has 1 aliphatic rings. The number of nitrogen functional groups attached to an aromatic ring is 1. The van der Waals surface area contributed by atoms with E-state index in [9.17, 15) is 0 Å². The summed E-state index contributed by atoms with van der Waals surface area (Å²) < 4.78 is 0. The van der Waals surface area contributed by atoms with Crippen molar-refractivity contribution in [2.24, 2.45) is 0 Å². The minimum absolute atomic E-state index is 0.272. The van der Waals surface area contributed by atoms with Crippen molar-refractivity contribution in [1.82, 2.24) is 20.2 Å². The second-order valence-corrected chi connectivity index (χ2v) is 5.05. The monoisotopic (exact) mass is 259 g/mol. The Balaban J connectivity index is 2.53. The van der Waals surface area contributed by atoms with E-state index < -0.39 is 0 Å². The zero-order chi connectivity index (χ0) is 13.7. The molecule has 0 amide bonds. The lowest BCUT2D eigenvalue weighted by Gasteiger charge is -2.10. The molecule has 1 aliphatic carbocycles. The summed E-state index contributed by atoms with van der Waals surface area (Å²) in [5.74, 6) is 1.48. The Morgan fingerprint density at radius 1 is 1.32 bits per heavy atom. The predicted molar refractivity (Wildman–Crippen MR) is 76.8 cm³/mol. The van der Waals surface area contributed by atoms with Gasteiger partial charge in [0.25, 0.3) is 0 Å². The molecule has 5 nitrogen and oxygen atoms in total. The lowest BCUT2D eigenvalue weighted by atomic mass is 9.99. The molecule has 1 heterocycles. The summed E-state index contributed by atoms with van der Waals surface area (Å²) in [5, 5.41) is 6.85. The first-order valence-electron chi connectivity index (χ1n) is 6.77. The Hall–Kier alpha value is -1.91. The van der Waals surface area contributed by atoms with Crippen molar-refractivity contribution in [3.63, 3.8) is 0 Å². The van der Waals surface area contributed by atoms with Gasteiger partial charge >= 0.3 is 0 Å². The molecule has 0 atom stereocenters. The van der Waals surface area contributed by atoms with Crippen LogP contribution in [0.3, 0.4) is 0 Å². The van der Waals surface area contributed by atoms with Gasteiger partial charge in [0, 0.05) is 5.56 Å². The zero-order valence-corrected chi connectivity index (χ0v) is 11.6. The second-order valence-electron chi connectivity index (χ2n) is 5.05. The SMILES string of the molecule is CC(C)c1cn[nH]cnc(C2=CCCCC2)nc1N. The molecule has 1 aromatic heterocycles. The molecule has 0 bridgehead atoms. The van der Waals surface area contributed by atoms with Crippen molar-refractivity contribution >= 4 is 11.4 Å². The van der Waals surface area contributed by atoms with Crippen LogP contribution in [-0.4, -0.2) is 20.2 Å². The molecule has 2 rings (SSSR count). The molecule has 19 heavy (non-hydrogen) atoms. The molecular weight excluding hydrogens is 238 g/mol. The van der Waals surface area contributed by atoms with Crippen molar-refractivity contribution in [1.29, 1.82) is 0 Å². The van der Waals surface area contributed by atoms with E-state index in [0.29, 0.717) is 11.6 Å². The number of hydrogen-bond donors (Lipinski definition) is 2. The van der Waals surface area contributed by atoms with Gasteiger partial charge in [-0.25, -0.2) is 9.97 Å². The number of nitrogens with two attached hydrogens (primary N) is 1. The summed E-state index contributed by atoms with van der Waals surface area (Å²) in [6.45, 7) is 4.14. The summed E-state index contributed by atoms with van der Waals surface area (Å²) >= 11 is 0. The average molecular weight is 259 g/mol. The molecule has 0 radical (unpaired) electrons. The standard InChI is InChI=1S/C14H21N5/c1-10(2)12-8-17-18-9-16-14(19-13(12)15)11-6-4-3-5-7-11/h6,8-10H,3-5,7,15H2,1-2H3,(H,16,18,19). The third kappa shape index (κ3) is 3.53. The summed E-state index contributed by atoms with van der Waals surface area (Å²) in [4.78, 5) is 8.83. The van der Waals surface area contributed by atoms with Crippen LogP contribution in [0.2, 0.25) is 0 Å². The maximum atomic E-state index is 6.09. The fourth-order valence-corrected chi connectivity index (χ4v) is 2.14. The van der Waals surface area contributed by atoms with Gasteiger partial charge in [0.15, 0.2) is 5.82 Å². The Kier molecular flexibility index (Phi) is 4.49. The molecular formula is C14H21N5. The van der Waals surface area contributed by atoms with Gasteiger partial charge in [0.05, 0.1) is 6.20 Å². The number of aromatic nitrogens is 4. The van der Waals surface area contributed by atoms with E-state index in [0.717, 1.165) is 18.4 Å². The number of nitrogens with zero attached hydrogens (tertiary/aromatic N) is 3. The van der Waals surface area contributed by atoms with Crippen LogP contribution in [0.25, 0.3) is 5.57 Å². The molecule has 0 spiro atoms. The highest BCUT2D eigenvalue weighted by atomic mass is 15.1. The molecule has 0 aromatic carbocycles. The van der Waals surface area contributed by atoms with Gasteiger partial charge in [0.2, 0.25) is 0 Å². The molecule has 102 valence electrons. The first-order valence-corrected chi connectivity index (χ1v) is 6.77. The van der Waals surface area contributed by atoms with Crippen LogP contribution in [0.4, 0.5) is 5.82 Å². The van der Waals surface area contributed by atoms with Crippen LogP contribution in [0.1, 0.15) is 56.8 Å². The lowest BCUT2D eigenvalue weighted by molar-refractivity contribution is 0.737. The highest BCUT2D eigenvalue weighted by molar-refractivity contribution is 5.61. The number of H-pyrrole nitrogens is 1. The highest BCUT2D eigenvalue weighted by Gasteiger charge is 2.10. The number of aromatic amines is 1. The third-order valence-corrected chi connectivity index (χ3v) is 3.25. The van der Waals surface area contributed by atoms with E-state index in [1.807, 2.05) is 0 Å². The van der Waals surface area contributed by atoms with Crippen molar-refractivity contribution in [3.8, 4) is 0 Å². The van der Waals surface area contributed by atoms with Crippen LogP contribution >= 0.6 is 0 Å². The van der Waals surface area contributed by atoms with E-state index in [2.05, 4.69) is 40.1 Å². The van der Waals surface area contributed by atoms with Crippen LogP contribution < -0.4 is 5.73 Å². The number of anilines is 1. The molecule has 5 heteroatoms. The van der Waals surface area contributed by atoms with Crippen LogP contribution in [-0.2, 0) is 0 Å². The van der Waals surface area contributed by atoms with Crippen LogP contribution in [0.15, 0.2) is 18.6 Å². The Morgan fingerprint density at radius 2 is 2.16 bits per heavy atom. The minimum Gasteiger partial charge on any atom is -0.383 e. The number of nitrogens with one attached hydrogen (secondary N) is 1. The minimum atomic E-state index is 0.272. The molecule has 0 saturated carbocycles. The van der Waals surface area contributed by atoms with Gasteiger partial charge in [-0.15, -0.1) is 0 Å². The van der Waals surface area contributed by atoms with Crippen molar-refractivity contribution in [2.45, 2.75) is 45.4 Å². The Labute approximate surface area is 113 Å². The normalized spacial score (nSPS) is 15.0. The topological polar surface area (TPSA) is 80.5 Å². The quantitative estimate of drug-likeness (QED) is 0.855. The summed E-state index contributed by atoms with van der Waals surface area (Å²) in [5.41, 5.74) is 8.19. The molecule has 3 N–H and O–H groups in total. The molecule has 0 saturated heterocycles. The molecule has 0 aliphatic heterocycles. The maximum Gasteiger partial charge on any atom is 0.158 e. The first-order chi connectivity index (χ1) is 9.18. The van der Waals surface area contributed by atoms with Gasteiger partial charge in [0.1, 0.15) is 12.1 Å². The van der Waals surface area contributed by atoms with Crippen LogP contribution in [0.5, 0.6) is 0 Å². The van der Waals surface area contributed by atoms with Gasteiger partial charge in [-0.3, -0.25) is 5.10 Å². The fourth-order valence-electron chi connectivity index (χ4n) is 2.14. The first kappa shape index (κ1) is 13.5. The van der Waals surface area contributed by atoms with E-state index in [1.165, 1.54) is 18.4 Å². The Bertz CT molecular complexity index is 515. The fraction of sp³-hybridized carbons (Fsp3) is 0.500.